The van der Waals surface area contributed by atoms with E-state index in [2.05, 4.69) is 0 Å². The second-order valence-corrected chi connectivity index (χ2v) is 0. The van der Waals surface area contributed by atoms with E-state index in [0.29, 0.717) is 0 Å². The van der Waals surface area contributed by atoms with Gasteiger partial charge in [-0.1, -0.05) is 0 Å². The van der Waals surface area contributed by atoms with Crippen molar-refractivity contribution in [3.63, 3.8) is 0 Å². The van der Waals surface area contributed by atoms with Crippen molar-refractivity contribution in [3.05, 3.63) is 0 Å². The molecule has 0 aliphatic carbocycles. The first-order valence-electron chi connectivity index (χ1n) is 0. The molecule has 0 spiro atoms. The molecule has 0 aliphatic heterocycles. The molecule has 0 aromatic carbocycles. The number of rotatable bonds is 0. The third-order valence-electron chi connectivity index (χ3n) is 0. The summed E-state index contributed by atoms with van der Waals surface area (Å²) in [6.45, 7) is 0. The van der Waals surface area contributed by atoms with Crippen LogP contribution in [0, 0.1) is 0 Å². The molecule has 0 fully saturated rings. The van der Waals surface area contributed by atoms with Crippen molar-refractivity contribution in [1.29, 1.82) is 0 Å². The van der Waals surface area contributed by atoms with E-state index in [-0.39, 0.29) is 125 Å². The molecule has 24 valence electrons. The van der Waals surface area contributed by atoms with Crippen LogP contribution in [0.1, 0.15) is 5.71 Å². The smallest absolute Gasteiger partial charge is 1.00 e. The molecular weight excluding hydrogens is 296 g/mol. The van der Waals surface area contributed by atoms with Crippen LogP contribution in [0.2, 0.25) is 0 Å². The van der Waals surface area contributed by atoms with Crippen molar-refractivity contribution in [2.75, 3.05) is 0 Å². The summed E-state index contributed by atoms with van der Waals surface area (Å²) in [5.74, 6) is 0. The molecule has 0 aromatic heterocycles. The normalized spacial score (nSPS) is 0. The first kappa shape index (κ1) is 25.4. The summed E-state index contributed by atoms with van der Waals surface area (Å²) in [5.41, 5.74) is 0. The zero-order chi connectivity index (χ0) is 0. The monoisotopic (exact) mass is 302 g/mol. The van der Waals surface area contributed by atoms with Gasteiger partial charge in [0.1, 0.15) is 0 Å². The van der Waals surface area contributed by atoms with Crippen LogP contribution in [0.4, 0.5) is 0 Å². The molecule has 0 saturated heterocycles. The minimum Gasteiger partial charge on any atom is -1.00 e. The Morgan fingerprint density at radius 1 is 1.00 bits per heavy atom. The first-order chi connectivity index (χ1) is 0. The van der Waals surface area contributed by atoms with Crippen molar-refractivity contribution in [1.82, 2.24) is 0 Å². The zero-order valence-corrected chi connectivity index (χ0v) is 11.8. The van der Waals surface area contributed by atoms with Crippen LogP contribution in [0.15, 0.2) is 0 Å². The molecule has 0 atom stereocenters. The molecule has 4 heteroatoms. The van der Waals surface area contributed by atoms with E-state index in [1.807, 2.05) is 0 Å². The molecule has 0 nitrogen and oxygen atoms in total. The van der Waals surface area contributed by atoms with E-state index in [4.69, 9.17) is 0 Å². The standard InChI is InChI=1S/Ba.2ClH.Sr.4H/h;2*1H;;;;;/q+2;;;+2;4*-1. The Balaban J connectivity index is 0. The van der Waals surface area contributed by atoms with Crippen LogP contribution in [-0.2, 0) is 0 Å². The van der Waals surface area contributed by atoms with Gasteiger partial charge >= 0.3 is 94.4 Å². The first-order valence-corrected chi connectivity index (χ1v) is 0. The molecule has 0 bridgehead atoms. The third kappa shape index (κ3) is 9.16. The topological polar surface area (TPSA) is 0 Å². The fourth-order valence-corrected chi connectivity index (χ4v) is 0. The van der Waals surface area contributed by atoms with E-state index in [9.17, 15) is 0 Å². The van der Waals surface area contributed by atoms with E-state index < -0.39 is 0 Å². The predicted octanol–water partition coefficient (Wildman–Crippen LogP) is 0.532. The Hall–Kier alpha value is 3.63. The van der Waals surface area contributed by atoms with Gasteiger partial charge in [-0.25, -0.2) is 0 Å². The average Bonchev–Trinajstić information content (AvgIpc) is 0. The number of halogens is 2. The van der Waals surface area contributed by atoms with Gasteiger partial charge in [-0.15, -0.1) is 24.8 Å². The maximum Gasteiger partial charge on any atom is 2.00 e. The van der Waals surface area contributed by atoms with Gasteiger partial charge in [0.2, 0.25) is 0 Å². The Morgan fingerprint density at radius 2 is 1.00 bits per heavy atom. The van der Waals surface area contributed by atoms with Crippen molar-refractivity contribution in [3.8, 4) is 0 Å². The van der Waals surface area contributed by atoms with Gasteiger partial charge in [-0.2, -0.15) is 0 Å². The molecular formula is H6BaCl2Sr. The summed E-state index contributed by atoms with van der Waals surface area (Å²) < 4.78 is 0. The largest absolute Gasteiger partial charge is 2.00 e. The van der Waals surface area contributed by atoms with Gasteiger partial charge in [0.15, 0.2) is 0 Å². The second-order valence-electron chi connectivity index (χ2n) is 0. The average molecular weight is 302 g/mol. The van der Waals surface area contributed by atoms with Crippen molar-refractivity contribution >= 4 is 119 Å². The van der Waals surface area contributed by atoms with E-state index in [0.717, 1.165) is 0 Å². The molecule has 0 rings (SSSR count). The van der Waals surface area contributed by atoms with Gasteiger partial charge in [-0.3, -0.25) is 0 Å². The molecule has 0 radical (unpaired) electrons. The molecule has 0 amide bonds. The van der Waals surface area contributed by atoms with Crippen molar-refractivity contribution in [2.45, 2.75) is 0 Å². The van der Waals surface area contributed by atoms with Crippen LogP contribution in [-0.4, -0.2) is 94.4 Å². The summed E-state index contributed by atoms with van der Waals surface area (Å²) >= 11 is 0. The van der Waals surface area contributed by atoms with Crippen molar-refractivity contribution in [2.24, 2.45) is 0 Å². The minimum absolute atomic E-state index is 0. The summed E-state index contributed by atoms with van der Waals surface area (Å²) in [4.78, 5) is 0. The van der Waals surface area contributed by atoms with Gasteiger partial charge in [0.05, 0.1) is 0 Å². The summed E-state index contributed by atoms with van der Waals surface area (Å²) in [6, 6.07) is 0. The fourth-order valence-electron chi connectivity index (χ4n) is 0. The maximum atomic E-state index is 0. The van der Waals surface area contributed by atoms with Gasteiger partial charge in [0, 0.05) is 0 Å². The number of hydrogen-bond donors (Lipinski definition) is 0. The van der Waals surface area contributed by atoms with E-state index in [1.165, 1.54) is 0 Å². The SMILES string of the molecule is Cl.Cl.[Ba+2].[H-].[H-].[H-].[H-].[Sr+2]. The molecule has 0 aliphatic rings. The molecule has 0 saturated carbocycles. The summed E-state index contributed by atoms with van der Waals surface area (Å²) in [6.07, 6.45) is 0. The zero-order valence-electron chi connectivity index (χ0n) is 6.23. The Kier molecular flexibility index (Phi) is 101. The predicted molar refractivity (Wildman–Crippen MR) is 30.5 cm³/mol. The van der Waals surface area contributed by atoms with Gasteiger partial charge in [-0.05, 0) is 0 Å². The molecule has 0 heterocycles. The summed E-state index contributed by atoms with van der Waals surface area (Å²) in [7, 11) is 0. The maximum absolute atomic E-state index is 0. The fraction of sp³-hybridized carbons (Fsp3) is 0. The van der Waals surface area contributed by atoms with Crippen LogP contribution < -0.4 is 0 Å². The van der Waals surface area contributed by atoms with Crippen LogP contribution in [0.3, 0.4) is 0 Å². The van der Waals surface area contributed by atoms with E-state index in [1.54, 1.807) is 0 Å². The molecule has 0 unspecified atom stereocenters. The summed E-state index contributed by atoms with van der Waals surface area (Å²) in [5, 5.41) is 0. The van der Waals surface area contributed by atoms with Gasteiger partial charge < -0.3 is 5.71 Å². The van der Waals surface area contributed by atoms with E-state index >= 15 is 0 Å². The quantitative estimate of drug-likeness (QED) is 0.573. The number of hydrogen-bond acceptors (Lipinski definition) is 0. The second kappa shape index (κ2) is 15.9. The Morgan fingerprint density at radius 3 is 1.00 bits per heavy atom. The van der Waals surface area contributed by atoms with Crippen molar-refractivity contribution < 1.29 is 5.71 Å². The van der Waals surface area contributed by atoms with Gasteiger partial charge in [0.25, 0.3) is 0 Å². The molecule has 0 aromatic rings. The molecule has 4 heavy (non-hydrogen) atoms. The molecule has 0 N–H and O–H groups in total. The third-order valence-corrected chi connectivity index (χ3v) is 0. The Labute approximate surface area is 122 Å². The van der Waals surface area contributed by atoms with Crippen LogP contribution in [0.5, 0.6) is 0 Å². The minimum atomic E-state index is 0. The van der Waals surface area contributed by atoms with Crippen LogP contribution >= 0.6 is 24.8 Å². The van der Waals surface area contributed by atoms with Crippen LogP contribution in [0.25, 0.3) is 0 Å². The Bertz CT molecular complexity index is 14.0.